The monoisotopic (exact) mass is 399 g/mol. The van der Waals surface area contributed by atoms with Gasteiger partial charge >= 0.3 is 0 Å². The summed E-state index contributed by atoms with van der Waals surface area (Å²) in [5, 5.41) is 1.73. The fourth-order valence-electron chi connectivity index (χ4n) is 2.35. The summed E-state index contributed by atoms with van der Waals surface area (Å²) in [7, 11) is -3.82. The van der Waals surface area contributed by atoms with Crippen molar-refractivity contribution in [1.29, 1.82) is 0 Å². The Morgan fingerprint density at radius 2 is 2.08 bits per heavy atom. The maximum atomic E-state index is 13.4. The summed E-state index contributed by atoms with van der Waals surface area (Å²) in [4.78, 5) is 1.05. The van der Waals surface area contributed by atoms with E-state index in [-0.39, 0.29) is 16.5 Å². The van der Waals surface area contributed by atoms with Gasteiger partial charge in [-0.3, -0.25) is 0 Å². The van der Waals surface area contributed by atoms with Crippen molar-refractivity contribution in [1.82, 2.24) is 4.31 Å². The van der Waals surface area contributed by atoms with Gasteiger partial charge in [-0.1, -0.05) is 17.7 Å². The number of hydrogen-bond donors (Lipinski definition) is 0. The zero-order valence-electron chi connectivity index (χ0n) is 13.1. The summed E-state index contributed by atoms with van der Waals surface area (Å²) in [6, 6.07) is 9.02. The van der Waals surface area contributed by atoms with Crippen molar-refractivity contribution in [2.24, 2.45) is 0 Å². The molecule has 0 radical (unpaired) electrons. The van der Waals surface area contributed by atoms with E-state index < -0.39 is 15.8 Å². The topological polar surface area (TPSA) is 50.5 Å². The van der Waals surface area contributed by atoms with E-state index in [9.17, 15) is 12.8 Å². The van der Waals surface area contributed by atoms with E-state index in [0.29, 0.717) is 13.0 Å². The first-order chi connectivity index (χ1) is 12.0. The fraction of sp³-hybridized carbons (Fsp3) is 0.176. The third-order valence-electron chi connectivity index (χ3n) is 3.66. The van der Waals surface area contributed by atoms with Crippen LogP contribution in [-0.4, -0.2) is 19.3 Å². The zero-order chi connectivity index (χ0) is 17.9. The van der Waals surface area contributed by atoms with Crippen LogP contribution >= 0.6 is 22.9 Å². The molecule has 8 heteroatoms. The molecule has 0 aliphatic carbocycles. The normalized spacial score (nSPS) is 12.0. The predicted octanol–water partition coefficient (Wildman–Crippen LogP) is 4.57. The van der Waals surface area contributed by atoms with Crippen LogP contribution in [0, 0.1) is 5.82 Å². The van der Waals surface area contributed by atoms with Gasteiger partial charge in [0.25, 0.3) is 0 Å². The molecular formula is C17H15ClFNO3S2. The van der Waals surface area contributed by atoms with E-state index in [1.807, 2.05) is 17.5 Å². The van der Waals surface area contributed by atoms with Gasteiger partial charge in [0.15, 0.2) is 0 Å². The smallest absolute Gasteiger partial charge is 0.243 e. The van der Waals surface area contributed by atoms with Gasteiger partial charge in [0, 0.05) is 23.5 Å². The standard InChI is InChI=1S/C17H15ClFNO3S2/c18-16-10-15(3-4-17(16)19)25(21,22)20(11-13-6-8-23-12-13)7-5-14-2-1-9-24-14/h1-4,6,8-10,12H,5,7,11H2. The maximum Gasteiger partial charge on any atom is 0.243 e. The van der Waals surface area contributed by atoms with E-state index in [2.05, 4.69) is 0 Å². The Labute approximate surface area is 154 Å². The molecule has 2 heterocycles. The average molecular weight is 400 g/mol. The van der Waals surface area contributed by atoms with Gasteiger partial charge in [0.2, 0.25) is 10.0 Å². The molecule has 3 rings (SSSR count). The summed E-state index contributed by atoms with van der Waals surface area (Å²) in [6.07, 6.45) is 3.59. The second-order valence-electron chi connectivity index (χ2n) is 5.38. The minimum absolute atomic E-state index is 0.0337. The number of thiophene rings is 1. The lowest BCUT2D eigenvalue weighted by molar-refractivity contribution is 0.408. The molecule has 3 aromatic rings. The summed E-state index contributed by atoms with van der Waals surface area (Å²) in [6.45, 7) is 0.461. The van der Waals surface area contributed by atoms with E-state index in [1.165, 1.54) is 22.9 Å². The molecule has 25 heavy (non-hydrogen) atoms. The Kier molecular flexibility index (Phi) is 5.58. The van der Waals surface area contributed by atoms with Crippen LogP contribution in [0.15, 0.2) is 63.6 Å². The molecule has 2 aromatic heterocycles. The summed E-state index contributed by atoms with van der Waals surface area (Å²) < 4.78 is 45.8. The van der Waals surface area contributed by atoms with E-state index >= 15 is 0 Å². The Morgan fingerprint density at radius 3 is 2.72 bits per heavy atom. The van der Waals surface area contributed by atoms with Crippen LogP contribution in [-0.2, 0) is 23.0 Å². The summed E-state index contributed by atoms with van der Waals surface area (Å²) in [5.41, 5.74) is 0.739. The molecule has 0 saturated heterocycles. The fourth-order valence-corrected chi connectivity index (χ4v) is 4.75. The quantitative estimate of drug-likeness (QED) is 0.584. The molecule has 0 fully saturated rings. The number of furan rings is 1. The number of hydrogen-bond acceptors (Lipinski definition) is 4. The van der Waals surface area contributed by atoms with Gasteiger partial charge in [0.05, 0.1) is 22.4 Å². The molecule has 132 valence electrons. The van der Waals surface area contributed by atoms with E-state index in [0.717, 1.165) is 22.6 Å². The van der Waals surface area contributed by atoms with Gasteiger partial charge in [-0.2, -0.15) is 4.31 Å². The number of nitrogens with zero attached hydrogens (tertiary/aromatic N) is 1. The molecule has 4 nitrogen and oxygen atoms in total. The molecule has 0 N–H and O–H groups in total. The highest BCUT2D eigenvalue weighted by molar-refractivity contribution is 7.89. The average Bonchev–Trinajstić information content (AvgIpc) is 3.27. The Bertz CT molecular complexity index is 925. The molecule has 0 spiro atoms. The number of benzene rings is 1. The highest BCUT2D eigenvalue weighted by atomic mass is 35.5. The second kappa shape index (κ2) is 7.70. The minimum atomic E-state index is -3.82. The predicted molar refractivity (Wildman–Crippen MR) is 95.7 cm³/mol. The van der Waals surface area contributed by atoms with Crippen molar-refractivity contribution in [3.8, 4) is 0 Å². The van der Waals surface area contributed by atoms with Gasteiger partial charge in [-0.25, -0.2) is 12.8 Å². The van der Waals surface area contributed by atoms with E-state index in [4.69, 9.17) is 16.0 Å². The lowest BCUT2D eigenvalue weighted by Gasteiger charge is -2.21. The largest absolute Gasteiger partial charge is 0.472 e. The van der Waals surface area contributed by atoms with Crippen molar-refractivity contribution in [3.63, 3.8) is 0 Å². The number of halogens is 2. The van der Waals surface area contributed by atoms with Gasteiger partial charge in [-0.15, -0.1) is 11.3 Å². The van der Waals surface area contributed by atoms with Crippen LogP contribution in [0.25, 0.3) is 0 Å². The molecular weight excluding hydrogens is 385 g/mol. The Balaban J connectivity index is 1.89. The third kappa shape index (κ3) is 4.30. The number of rotatable bonds is 7. The molecule has 0 atom stereocenters. The highest BCUT2D eigenvalue weighted by Gasteiger charge is 2.25. The van der Waals surface area contributed by atoms with Crippen LogP contribution in [0.1, 0.15) is 10.4 Å². The molecule has 1 aromatic carbocycles. The summed E-state index contributed by atoms with van der Waals surface area (Å²) >= 11 is 7.33. The lowest BCUT2D eigenvalue weighted by Crippen LogP contribution is -2.32. The zero-order valence-corrected chi connectivity index (χ0v) is 15.5. The first-order valence-electron chi connectivity index (χ1n) is 7.45. The van der Waals surface area contributed by atoms with Crippen molar-refractivity contribution < 1.29 is 17.2 Å². The van der Waals surface area contributed by atoms with Crippen molar-refractivity contribution in [2.45, 2.75) is 17.9 Å². The lowest BCUT2D eigenvalue weighted by atomic mass is 10.3. The summed E-state index contributed by atoms with van der Waals surface area (Å²) in [5.74, 6) is -0.652. The van der Waals surface area contributed by atoms with Crippen LogP contribution in [0.3, 0.4) is 0 Å². The van der Waals surface area contributed by atoms with Crippen LogP contribution in [0.5, 0.6) is 0 Å². The molecule has 0 aliphatic heterocycles. The van der Waals surface area contributed by atoms with Crippen molar-refractivity contribution >= 4 is 33.0 Å². The number of sulfonamides is 1. The maximum absolute atomic E-state index is 13.4. The van der Waals surface area contributed by atoms with Crippen molar-refractivity contribution in [2.75, 3.05) is 6.54 Å². The second-order valence-corrected chi connectivity index (χ2v) is 8.75. The molecule has 0 amide bonds. The molecule has 0 bridgehead atoms. The molecule has 0 unspecified atom stereocenters. The van der Waals surface area contributed by atoms with Crippen LogP contribution in [0.4, 0.5) is 4.39 Å². The van der Waals surface area contributed by atoms with Gasteiger partial charge in [0.1, 0.15) is 5.82 Å². The van der Waals surface area contributed by atoms with Crippen LogP contribution in [0.2, 0.25) is 5.02 Å². The minimum Gasteiger partial charge on any atom is -0.472 e. The van der Waals surface area contributed by atoms with Gasteiger partial charge in [-0.05, 0) is 42.1 Å². The highest BCUT2D eigenvalue weighted by Crippen LogP contribution is 2.24. The van der Waals surface area contributed by atoms with E-state index in [1.54, 1.807) is 17.4 Å². The van der Waals surface area contributed by atoms with Crippen molar-refractivity contribution in [3.05, 3.63) is 75.6 Å². The van der Waals surface area contributed by atoms with Crippen LogP contribution < -0.4 is 0 Å². The SMILES string of the molecule is O=S(=O)(c1ccc(F)c(Cl)c1)N(CCc1cccs1)Cc1ccoc1. The van der Waals surface area contributed by atoms with Gasteiger partial charge < -0.3 is 4.42 Å². The Hall–Kier alpha value is -1.67. The molecule has 0 aliphatic rings. The molecule has 0 saturated carbocycles. The Morgan fingerprint density at radius 1 is 1.24 bits per heavy atom. The first kappa shape index (κ1) is 18.1. The third-order valence-corrected chi connectivity index (χ3v) is 6.72. The first-order valence-corrected chi connectivity index (χ1v) is 10.2.